The normalized spacial score (nSPS) is 26.1. The van der Waals surface area contributed by atoms with Crippen molar-refractivity contribution in [1.82, 2.24) is 20.1 Å². The molecule has 3 aliphatic heterocycles. The van der Waals surface area contributed by atoms with Gasteiger partial charge in [0.05, 0.1) is 11.7 Å². The lowest BCUT2D eigenvalue weighted by molar-refractivity contribution is -0.0599. The molecule has 5 nitrogen and oxygen atoms in total. The Bertz CT molecular complexity index is 893. The molecule has 5 heteroatoms. The predicted molar refractivity (Wildman–Crippen MR) is 108 cm³/mol. The van der Waals surface area contributed by atoms with E-state index in [2.05, 4.69) is 26.1 Å². The van der Waals surface area contributed by atoms with E-state index in [-0.39, 0.29) is 6.10 Å². The summed E-state index contributed by atoms with van der Waals surface area (Å²) >= 11 is 0. The minimum Gasteiger partial charge on any atom is -0.471 e. The summed E-state index contributed by atoms with van der Waals surface area (Å²) < 4.78 is 6.43. The minimum absolute atomic E-state index is 0.152. The first-order valence-corrected chi connectivity index (χ1v) is 10.1. The molecular formula is C23H24N4O. The van der Waals surface area contributed by atoms with E-state index in [4.69, 9.17) is 4.74 Å². The van der Waals surface area contributed by atoms with Gasteiger partial charge in [0.1, 0.15) is 6.10 Å². The van der Waals surface area contributed by atoms with Gasteiger partial charge in [0.2, 0.25) is 5.88 Å². The second-order valence-corrected chi connectivity index (χ2v) is 7.71. The van der Waals surface area contributed by atoms with Gasteiger partial charge in [-0.3, -0.25) is 9.88 Å². The van der Waals surface area contributed by atoms with Crippen molar-refractivity contribution < 1.29 is 4.74 Å². The largest absolute Gasteiger partial charge is 0.471 e. The molecule has 0 spiro atoms. The molecule has 0 saturated carbocycles. The quantitative estimate of drug-likeness (QED) is 0.685. The summed E-state index contributed by atoms with van der Waals surface area (Å²) in [6.45, 7) is 2.32. The lowest BCUT2D eigenvalue weighted by Gasteiger charge is -2.50. The molecule has 2 atom stereocenters. The van der Waals surface area contributed by atoms with Gasteiger partial charge in [0.25, 0.3) is 0 Å². The van der Waals surface area contributed by atoms with E-state index in [0.29, 0.717) is 17.8 Å². The number of rotatable bonds is 5. The number of aromatic nitrogens is 3. The minimum atomic E-state index is 0.152. The van der Waals surface area contributed by atoms with E-state index < -0.39 is 0 Å². The maximum Gasteiger partial charge on any atom is 0.233 e. The Morgan fingerprint density at radius 3 is 2.50 bits per heavy atom. The smallest absolute Gasteiger partial charge is 0.233 e. The fourth-order valence-electron chi connectivity index (χ4n) is 4.57. The first-order valence-electron chi connectivity index (χ1n) is 10.1. The van der Waals surface area contributed by atoms with Crippen LogP contribution in [0.15, 0.2) is 67.0 Å². The second kappa shape index (κ2) is 7.68. The zero-order chi connectivity index (χ0) is 18.8. The molecule has 0 aliphatic carbocycles. The van der Waals surface area contributed by atoms with Crippen molar-refractivity contribution in [2.45, 2.75) is 31.4 Å². The van der Waals surface area contributed by atoms with Gasteiger partial charge in [-0.2, -0.15) is 0 Å². The summed E-state index contributed by atoms with van der Waals surface area (Å²) in [5, 5.41) is 8.76. The van der Waals surface area contributed by atoms with Gasteiger partial charge in [0, 0.05) is 24.0 Å². The summed E-state index contributed by atoms with van der Waals surface area (Å²) in [6.07, 6.45) is 7.31. The molecule has 0 N–H and O–H groups in total. The average molecular weight is 372 g/mol. The molecule has 3 fully saturated rings. The van der Waals surface area contributed by atoms with Crippen LogP contribution in [0.4, 0.5) is 0 Å². The Balaban J connectivity index is 1.35. The molecule has 6 rings (SSSR count). The van der Waals surface area contributed by atoms with Gasteiger partial charge in [-0.25, -0.2) is 0 Å². The third-order valence-corrected chi connectivity index (χ3v) is 6.02. The lowest BCUT2D eigenvalue weighted by atomic mass is 9.78. The van der Waals surface area contributed by atoms with E-state index in [1.54, 1.807) is 0 Å². The number of benzene rings is 1. The SMILES string of the molecule is c1ccc(-c2ccc(OC3C4CCN(CC4)C3Cc3cccnc3)nn2)cc1. The van der Waals surface area contributed by atoms with E-state index in [9.17, 15) is 0 Å². The van der Waals surface area contributed by atoms with Crippen LogP contribution in [0.2, 0.25) is 0 Å². The highest BCUT2D eigenvalue weighted by molar-refractivity contribution is 5.58. The monoisotopic (exact) mass is 372 g/mol. The number of ether oxygens (including phenoxy) is 1. The van der Waals surface area contributed by atoms with Crippen LogP contribution in [0, 0.1) is 5.92 Å². The van der Waals surface area contributed by atoms with Crippen LogP contribution < -0.4 is 4.74 Å². The maximum absolute atomic E-state index is 6.43. The highest BCUT2D eigenvalue weighted by atomic mass is 16.5. The highest BCUT2D eigenvalue weighted by Gasteiger charge is 2.43. The van der Waals surface area contributed by atoms with Crippen molar-refractivity contribution >= 4 is 0 Å². The van der Waals surface area contributed by atoms with E-state index in [1.807, 2.05) is 60.9 Å². The molecule has 0 radical (unpaired) electrons. The molecule has 3 saturated heterocycles. The average Bonchev–Trinajstić information content (AvgIpc) is 2.78. The van der Waals surface area contributed by atoms with Crippen LogP contribution in [0.3, 0.4) is 0 Å². The number of fused-ring (bicyclic) bond motifs is 3. The van der Waals surface area contributed by atoms with Crippen molar-refractivity contribution in [2.75, 3.05) is 13.1 Å². The molecule has 5 heterocycles. The fraction of sp³-hybridized carbons (Fsp3) is 0.348. The number of piperidine rings is 3. The standard InChI is InChI=1S/C23H24N4O/c1-2-6-18(7-3-1)20-8-9-22(26-25-20)28-23-19-10-13-27(14-11-19)21(23)15-17-5-4-12-24-16-17/h1-9,12,16,19,21,23H,10-11,13-15H2. The van der Waals surface area contributed by atoms with Crippen LogP contribution >= 0.6 is 0 Å². The van der Waals surface area contributed by atoms with Crippen molar-refractivity contribution in [3.8, 4) is 17.1 Å². The lowest BCUT2D eigenvalue weighted by Crippen LogP contribution is -2.60. The number of hydrogen-bond donors (Lipinski definition) is 0. The zero-order valence-corrected chi connectivity index (χ0v) is 15.8. The van der Waals surface area contributed by atoms with Gasteiger partial charge in [-0.1, -0.05) is 36.4 Å². The summed E-state index contributed by atoms with van der Waals surface area (Å²) in [7, 11) is 0. The molecule has 3 aliphatic rings. The zero-order valence-electron chi connectivity index (χ0n) is 15.8. The third-order valence-electron chi connectivity index (χ3n) is 6.02. The van der Waals surface area contributed by atoms with E-state index in [1.165, 1.54) is 18.4 Å². The molecule has 2 aromatic heterocycles. The van der Waals surface area contributed by atoms with E-state index >= 15 is 0 Å². The Morgan fingerprint density at radius 2 is 1.79 bits per heavy atom. The first kappa shape index (κ1) is 17.3. The maximum atomic E-state index is 6.43. The molecular weight excluding hydrogens is 348 g/mol. The van der Waals surface area contributed by atoms with Gasteiger partial charge in [-0.15, -0.1) is 10.2 Å². The van der Waals surface area contributed by atoms with Gasteiger partial charge < -0.3 is 4.74 Å². The number of hydrogen-bond acceptors (Lipinski definition) is 5. The number of nitrogens with zero attached hydrogens (tertiary/aromatic N) is 4. The molecule has 2 bridgehead atoms. The summed E-state index contributed by atoms with van der Waals surface area (Å²) in [5.74, 6) is 1.21. The van der Waals surface area contributed by atoms with Crippen LogP contribution in [-0.2, 0) is 6.42 Å². The number of pyridine rings is 1. The molecule has 0 amide bonds. The van der Waals surface area contributed by atoms with Crippen molar-refractivity contribution in [3.05, 3.63) is 72.6 Å². The Morgan fingerprint density at radius 1 is 0.929 bits per heavy atom. The van der Waals surface area contributed by atoms with Crippen LogP contribution in [-0.4, -0.2) is 45.3 Å². The summed E-state index contributed by atoms with van der Waals surface area (Å²) in [6, 6.07) is 18.6. The van der Waals surface area contributed by atoms with Crippen molar-refractivity contribution in [3.63, 3.8) is 0 Å². The predicted octanol–water partition coefficient (Wildman–Crippen LogP) is 3.62. The topological polar surface area (TPSA) is 51.1 Å². The van der Waals surface area contributed by atoms with Crippen LogP contribution in [0.25, 0.3) is 11.3 Å². The van der Waals surface area contributed by atoms with Crippen LogP contribution in [0.1, 0.15) is 18.4 Å². The van der Waals surface area contributed by atoms with Crippen LogP contribution in [0.5, 0.6) is 5.88 Å². The highest BCUT2D eigenvalue weighted by Crippen LogP contribution is 2.36. The molecule has 1 aromatic carbocycles. The Kier molecular flexibility index (Phi) is 4.75. The Hall–Kier alpha value is -2.79. The second-order valence-electron chi connectivity index (χ2n) is 7.71. The first-order chi connectivity index (χ1) is 13.9. The van der Waals surface area contributed by atoms with Gasteiger partial charge in [-0.05, 0) is 56.0 Å². The Labute approximate surface area is 165 Å². The van der Waals surface area contributed by atoms with Crippen molar-refractivity contribution in [1.29, 1.82) is 0 Å². The third kappa shape index (κ3) is 3.50. The molecule has 142 valence electrons. The summed E-state index contributed by atoms with van der Waals surface area (Å²) in [5.41, 5.74) is 3.20. The molecule has 28 heavy (non-hydrogen) atoms. The summed E-state index contributed by atoms with van der Waals surface area (Å²) in [4.78, 5) is 6.85. The van der Waals surface area contributed by atoms with Gasteiger partial charge in [0.15, 0.2) is 0 Å². The molecule has 2 unspecified atom stereocenters. The van der Waals surface area contributed by atoms with E-state index in [0.717, 1.165) is 30.8 Å². The fourth-order valence-corrected chi connectivity index (χ4v) is 4.57. The van der Waals surface area contributed by atoms with Gasteiger partial charge >= 0.3 is 0 Å². The molecule has 3 aromatic rings. The van der Waals surface area contributed by atoms with Crippen molar-refractivity contribution in [2.24, 2.45) is 5.92 Å².